The average molecular weight is 390 g/mol. The normalized spacial score (nSPS) is 14.0. The van der Waals surface area contributed by atoms with Crippen LogP contribution in [0.3, 0.4) is 0 Å². The van der Waals surface area contributed by atoms with Crippen LogP contribution >= 0.6 is 24.0 Å². The fourth-order valence-corrected chi connectivity index (χ4v) is 3.12. The number of aromatic nitrogens is 3. The molecule has 10 nitrogen and oxygen atoms in total. The van der Waals surface area contributed by atoms with Crippen molar-refractivity contribution in [3.8, 4) is 0 Å². The number of nitrogens with zero attached hydrogens (tertiary/aromatic N) is 4. The molecule has 2 aromatic rings. The van der Waals surface area contributed by atoms with E-state index in [0.29, 0.717) is 15.6 Å². The molecule has 2 amide bonds. The molecule has 0 radical (unpaired) electrons. The Morgan fingerprint density at radius 2 is 2.00 bits per heavy atom. The summed E-state index contributed by atoms with van der Waals surface area (Å²) in [6, 6.07) is 4.36. The van der Waals surface area contributed by atoms with E-state index in [0.717, 1.165) is 11.8 Å². The highest BCUT2D eigenvalue weighted by atomic mass is 32.2. The minimum absolute atomic E-state index is 0.0847. The Morgan fingerprint density at radius 1 is 1.31 bits per heavy atom. The Balaban J connectivity index is 1.96. The number of aryl methyl sites for hydroxylation is 1. The molecule has 0 unspecified atom stereocenters. The number of nitro benzene ring substituents is 1. The smallest absolute Gasteiger partial charge is 0.283 e. The molecule has 1 aliphatic heterocycles. The molecule has 2 heterocycles. The van der Waals surface area contributed by atoms with Crippen molar-refractivity contribution in [2.75, 3.05) is 0 Å². The number of hydrogen-bond donors (Lipinski definition) is 2. The van der Waals surface area contributed by atoms with E-state index in [1.165, 1.54) is 24.5 Å². The van der Waals surface area contributed by atoms with Gasteiger partial charge in [0.1, 0.15) is 11.9 Å². The molecular formula is C14H10N6O4S2. The van der Waals surface area contributed by atoms with E-state index in [1.54, 1.807) is 17.7 Å². The van der Waals surface area contributed by atoms with Crippen LogP contribution in [0.1, 0.15) is 5.56 Å². The summed E-state index contributed by atoms with van der Waals surface area (Å²) >= 11 is 5.80. The Labute approximate surface area is 155 Å². The second-order valence-corrected chi connectivity index (χ2v) is 6.52. The quantitative estimate of drug-likeness (QED) is 0.257. The van der Waals surface area contributed by atoms with Gasteiger partial charge in [-0.2, -0.15) is 0 Å². The summed E-state index contributed by atoms with van der Waals surface area (Å²) in [4.78, 5) is 35.0. The lowest BCUT2D eigenvalue weighted by Gasteiger charge is -2.16. The summed E-state index contributed by atoms with van der Waals surface area (Å²) in [6.45, 7) is 0. The van der Waals surface area contributed by atoms with Crippen molar-refractivity contribution in [3.05, 3.63) is 45.8 Å². The molecule has 1 fully saturated rings. The van der Waals surface area contributed by atoms with Crippen LogP contribution in [0.25, 0.3) is 6.08 Å². The first kappa shape index (κ1) is 17.7. The van der Waals surface area contributed by atoms with Gasteiger partial charge in [0.2, 0.25) is 0 Å². The van der Waals surface area contributed by atoms with E-state index in [9.17, 15) is 19.7 Å². The lowest BCUT2D eigenvalue weighted by molar-refractivity contribution is -0.387. The van der Waals surface area contributed by atoms with Crippen LogP contribution in [0.2, 0.25) is 0 Å². The van der Waals surface area contributed by atoms with E-state index < -0.39 is 16.7 Å². The van der Waals surface area contributed by atoms with Gasteiger partial charge in [-0.15, -0.1) is 10.2 Å². The van der Waals surface area contributed by atoms with E-state index >= 15 is 0 Å². The van der Waals surface area contributed by atoms with E-state index in [2.05, 4.69) is 20.8 Å². The van der Waals surface area contributed by atoms with Gasteiger partial charge >= 0.3 is 0 Å². The van der Waals surface area contributed by atoms with Crippen LogP contribution in [-0.4, -0.2) is 36.6 Å². The number of benzene rings is 1. The third-order valence-electron chi connectivity index (χ3n) is 3.31. The Kier molecular flexibility index (Phi) is 4.77. The number of nitrogens with one attached hydrogen (secondary N) is 2. The minimum Gasteiger partial charge on any atom is -0.311 e. The summed E-state index contributed by atoms with van der Waals surface area (Å²) in [5.74, 6) is -1.34. The van der Waals surface area contributed by atoms with Gasteiger partial charge < -0.3 is 4.57 Å². The fourth-order valence-electron chi connectivity index (χ4n) is 2.09. The molecule has 26 heavy (non-hydrogen) atoms. The van der Waals surface area contributed by atoms with E-state index in [4.69, 9.17) is 12.2 Å². The summed E-state index contributed by atoms with van der Waals surface area (Å²) in [6.07, 6.45) is 2.74. The number of hydrogen-bond acceptors (Lipinski definition) is 8. The van der Waals surface area contributed by atoms with Gasteiger partial charge in [0.05, 0.1) is 9.82 Å². The lowest BCUT2D eigenvalue weighted by atomic mass is 10.1. The highest BCUT2D eigenvalue weighted by Gasteiger charge is 2.26. The van der Waals surface area contributed by atoms with Crippen LogP contribution in [0, 0.1) is 10.1 Å². The number of rotatable bonds is 4. The van der Waals surface area contributed by atoms with Crippen molar-refractivity contribution in [3.63, 3.8) is 0 Å². The van der Waals surface area contributed by atoms with Crippen LogP contribution < -0.4 is 10.6 Å². The summed E-state index contributed by atoms with van der Waals surface area (Å²) in [5.41, 5.74) is -0.0479. The Hall–Kier alpha value is -3.12. The van der Waals surface area contributed by atoms with Gasteiger partial charge in [0.15, 0.2) is 10.3 Å². The van der Waals surface area contributed by atoms with Gasteiger partial charge in [-0.1, -0.05) is 6.07 Å². The van der Waals surface area contributed by atoms with Crippen LogP contribution in [0.15, 0.2) is 40.2 Å². The monoisotopic (exact) mass is 390 g/mol. The highest BCUT2D eigenvalue weighted by Crippen LogP contribution is 2.34. The zero-order valence-corrected chi connectivity index (χ0v) is 14.8. The first-order valence-electron chi connectivity index (χ1n) is 7.04. The first-order chi connectivity index (χ1) is 12.3. The largest absolute Gasteiger partial charge is 0.311 e. The minimum atomic E-state index is -0.668. The van der Waals surface area contributed by atoms with Crippen molar-refractivity contribution >= 4 is 52.7 Å². The third kappa shape index (κ3) is 3.60. The SMILES string of the molecule is Cn1cnnc1Sc1ccc(C=C2C(=O)NC(=S)NC2=O)cc1[N+](=O)[O-]. The number of thiocarbonyl (C=S) groups is 1. The van der Waals surface area contributed by atoms with Crippen molar-refractivity contribution in [1.82, 2.24) is 25.4 Å². The van der Waals surface area contributed by atoms with Gasteiger partial charge in [-0.05, 0) is 41.7 Å². The fraction of sp³-hybridized carbons (Fsp3) is 0.0714. The zero-order valence-electron chi connectivity index (χ0n) is 13.1. The van der Waals surface area contributed by atoms with Crippen molar-refractivity contribution in [2.45, 2.75) is 10.1 Å². The maximum Gasteiger partial charge on any atom is 0.283 e. The molecule has 1 saturated heterocycles. The molecular weight excluding hydrogens is 380 g/mol. The first-order valence-corrected chi connectivity index (χ1v) is 8.26. The van der Waals surface area contributed by atoms with Crippen molar-refractivity contribution in [1.29, 1.82) is 0 Å². The molecule has 0 bridgehead atoms. The molecule has 3 rings (SSSR count). The summed E-state index contributed by atoms with van der Waals surface area (Å²) in [5, 5.41) is 24.0. The number of carbonyl (C=O) groups excluding carboxylic acids is 2. The van der Waals surface area contributed by atoms with Crippen molar-refractivity contribution < 1.29 is 14.5 Å². The molecule has 12 heteroatoms. The molecule has 0 aliphatic carbocycles. The standard InChI is InChI=1S/C14H10N6O4S2/c1-19-6-15-18-14(19)26-10-3-2-7(5-9(10)20(23)24)4-8-11(21)16-13(25)17-12(8)22/h2-6H,1H3,(H2,16,17,21,22,25). The third-order valence-corrected chi connectivity index (χ3v) is 4.63. The maximum absolute atomic E-state index is 11.9. The maximum atomic E-state index is 11.9. The van der Waals surface area contributed by atoms with Crippen LogP contribution in [0.5, 0.6) is 0 Å². The topological polar surface area (TPSA) is 132 Å². The number of nitro groups is 1. The number of amides is 2. The van der Waals surface area contributed by atoms with Gasteiger partial charge in [0.25, 0.3) is 17.5 Å². The van der Waals surface area contributed by atoms with Gasteiger partial charge in [0, 0.05) is 13.1 Å². The van der Waals surface area contributed by atoms with Crippen molar-refractivity contribution in [2.24, 2.45) is 7.05 Å². The second kappa shape index (κ2) is 7.01. The lowest BCUT2D eigenvalue weighted by Crippen LogP contribution is -2.51. The van der Waals surface area contributed by atoms with Crippen LogP contribution in [0.4, 0.5) is 5.69 Å². The number of carbonyl (C=O) groups is 2. The van der Waals surface area contributed by atoms with Crippen LogP contribution in [-0.2, 0) is 16.6 Å². The molecule has 0 saturated carbocycles. The van der Waals surface area contributed by atoms with E-state index in [-0.39, 0.29) is 16.4 Å². The zero-order chi connectivity index (χ0) is 18.8. The van der Waals surface area contributed by atoms with E-state index in [1.807, 2.05) is 0 Å². The molecule has 2 N–H and O–H groups in total. The predicted molar refractivity (Wildman–Crippen MR) is 95.1 cm³/mol. The Bertz CT molecular complexity index is 962. The highest BCUT2D eigenvalue weighted by molar-refractivity contribution is 7.99. The molecule has 1 aliphatic rings. The summed E-state index contributed by atoms with van der Waals surface area (Å²) < 4.78 is 1.63. The Morgan fingerprint density at radius 3 is 2.58 bits per heavy atom. The second-order valence-electron chi connectivity index (χ2n) is 5.11. The molecule has 0 atom stereocenters. The summed E-state index contributed by atoms with van der Waals surface area (Å²) in [7, 11) is 1.72. The molecule has 132 valence electrons. The molecule has 0 spiro atoms. The predicted octanol–water partition coefficient (Wildman–Crippen LogP) is 0.789. The van der Waals surface area contributed by atoms with Gasteiger partial charge in [-0.25, -0.2) is 0 Å². The molecule has 1 aromatic carbocycles. The molecule has 1 aromatic heterocycles. The van der Waals surface area contributed by atoms with Gasteiger partial charge in [-0.3, -0.25) is 30.3 Å². The average Bonchev–Trinajstić information content (AvgIpc) is 2.97.